The summed E-state index contributed by atoms with van der Waals surface area (Å²) in [5.41, 5.74) is 5.23. The Kier molecular flexibility index (Phi) is 5.01. The Morgan fingerprint density at radius 3 is 2.61 bits per heavy atom. The molecule has 3 N–H and O–H groups in total. The van der Waals surface area contributed by atoms with Crippen molar-refractivity contribution in [3.63, 3.8) is 0 Å². The second-order valence-electron chi connectivity index (χ2n) is 5.89. The minimum Gasteiger partial charge on any atom is -0.369 e. The summed E-state index contributed by atoms with van der Waals surface area (Å²) in [5, 5.41) is 3.85. The Morgan fingerprint density at radius 1 is 1.28 bits per heavy atom. The van der Waals surface area contributed by atoms with Crippen LogP contribution < -0.4 is 11.1 Å². The predicted molar refractivity (Wildman–Crippen MR) is 73.2 cm³/mol. The molecule has 1 amide bonds. The smallest absolute Gasteiger partial charge is 0.231 e. The number of nitrogens with one attached hydrogen (secondary N) is 1. The summed E-state index contributed by atoms with van der Waals surface area (Å²) >= 11 is 0. The monoisotopic (exact) mass is 253 g/mol. The van der Waals surface area contributed by atoms with E-state index in [0.29, 0.717) is 12.6 Å². The van der Waals surface area contributed by atoms with E-state index in [1.54, 1.807) is 0 Å². The van der Waals surface area contributed by atoms with Gasteiger partial charge >= 0.3 is 0 Å². The van der Waals surface area contributed by atoms with Gasteiger partial charge in [-0.15, -0.1) is 0 Å². The highest BCUT2D eigenvalue weighted by molar-refractivity contribution is 5.75. The normalized spacial score (nSPS) is 30.7. The molecule has 1 aliphatic heterocycles. The molecule has 0 aromatic heterocycles. The number of nitrogens with zero attached hydrogens (tertiary/aromatic N) is 1. The Morgan fingerprint density at radius 2 is 2.00 bits per heavy atom. The van der Waals surface area contributed by atoms with Crippen LogP contribution in [0.3, 0.4) is 0 Å². The van der Waals surface area contributed by atoms with Crippen molar-refractivity contribution >= 4 is 5.91 Å². The maximum absolute atomic E-state index is 10.9. The Bertz CT molecular complexity index is 274. The first kappa shape index (κ1) is 13.8. The number of primary amides is 1. The van der Waals surface area contributed by atoms with Crippen LogP contribution in [0.1, 0.15) is 45.4 Å². The van der Waals surface area contributed by atoms with E-state index in [2.05, 4.69) is 17.1 Å². The van der Waals surface area contributed by atoms with Crippen LogP contribution in [0.2, 0.25) is 0 Å². The fourth-order valence-corrected chi connectivity index (χ4v) is 3.53. The maximum atomic E-state index is 10.9. The van der Waals surface area contributed by atoms with Gasteiger partial charge in [-0.25, -0.2) is 0 Å². The van der Waals surface area contributed by atoms with Crippen molar-refractivity contribution in [2.45, 2.75) is 57.5 Å². The van der Waals surface area contributed by atoms with Crippen LogP contribution in [0, 0.1) is 5.92 Å². The average molecular weight is 253 g/mol. The van der Waals surface area contributed by atoms with Gasteiger partial charge < -0.3 is 11.1 Å². The van der Waals surface area contributed by atoms with Gasteiger partial charge in [0, 0.05) is 25.2 Å². The second kappa shape index (κ2) is 6.53. The van der Waals surface area contributed by atoms with Crippen molar-refractivity contribution < 1.29 is 4.79 Å². The molecule has 4 nitrogen and oxygen atoms in total. The molecule has 2 aliphatic rings. The van der Waals surface area contributed by atoms with Crippen LogP contribution in [0.15, 0.2) is 0 Å². The number of piperidine rings is 1. The average Bonchev–Trinajstić information content (AvgIpc) is 2.78. The number of carbonyl (C=O) groups is 1. The molecule has 0 radical (unpaired) electrons. The van der Waals surface area contributed by atoms with Crippen molar-refractivity contribution in [1.29, 1.82) is 0 Å². The molecule has 1 saturated heterocycles. The van der Waals surface area contributed by atoms with Gasteiger partial charge in [-0.3, -0.25) is 9.69 Å². The molecule has 0 aromatic carbocycles. The Hall–Kier alpha value is -0.610. The van der Waals surface area contributed by atoms with Crippen molar-refractivity contribution in [2.75, 3.05) is 19.6 Å². The van der Waals surface area contributed by atoms with E-state index in [-0.39, 0.29) is 5.91 Å². The molecule has 1 heterocycles. The fourth-order valence-electron chi connectivity index (χ4n) is 3.53. The number of nitrogens with two attached hydrogens (primary N) is 1. The zero-order valence-corrected chi connectivity index (χ0v) is 11.5. The highest BCUT2D eigenvalue weighted by Crippen LogP contribution is 2.29. The van der Waals surface area contributed by atoms with Gasteiger partial charge in [0.2, 0.25) is 5.91 Å². The van der Waals surface area contributed by atoms with Gasteiger partial charge in [-0.05, 0) is 31.6 Å². The first-order valence-electron chi connectivity index (χ1n) is 7.45. The molecule has 2 unspecified atom stereocenters. The Balaban J connectivity index is 1.71. The molecule has 18 heavy (non-hydrogen) atoms. The minimum atomic E-state index is -0.205. The van der Waals surface area contributed by atoms with Crippen molar-refractivity contribution in [3.05, 3.63) is 0 Å². The minimum absolute atomic E-state index is 0.205. The van der Waals surface area contributed by atoms with Crippen LogP contribution in [0.5, 0.6) is 0 Å². The molecular weight excluding hydrogens is 226 g/mol. The summed E-state index contributed by atoms with van der Waals surface area (Å²) in [5.74, 6) is 0.678. The molecule has 0 spiro atoms. The third-order valence-corrected chi connectivity index (χ3v) is 4.60. The largest absolute Gasteiger partial charge is 0.369 e. The van der Waals surface area contributed by atoms with Gasteiger partial charge in [0.05, 0.1) is 6.54 Å². The van der Waals surface area contributed by atoms with E-state index >= 15 is 0 Å². The number of carbonyl (C=O) groups excluding carboxylic acids is 1. The van der Waals surface area contributed by atoms with Crippen LogP contribution in [0.25, 0.3) is 0 Å². The molecule has 104 valence electrons. The lowest BCUT2D eigenvalue weighted by atomic mass is 9.97. The number of amides is 1. The summed E-state index contributed by atoms with van der Waals surface area (Å²) in [6, 6.07) is 1.38. The van der Waals surface area contributed by atoms with Gasteiger partial charge in [-0.2, -0.15) is 0 Å². The van der Waals surface area contributed by atoms with Gasteiger partial charge in [0.15, 0.2) is 0 Å². The molecule has 1 aliphatic carbocycles. The zero-order chi connectivity index (χ0) is 13.0. The standard InChI is InChI=1S/C14H27N3O/c1-2-11-4-3-5-13(11)16-12-6-8-17(9-7-12)10-14(15)18/h11-13,16H,2-10H2,1H3,(H2,15,18). The van der Waals surface area contributed by atoms with E-state index in [1.807, 2.05) is 0 Å². The quantitative estimate of drug-likeness (QED) is 0.771. The molecule has 1 saturated carbocycles. The SMILES string of the molecule is CCC1CCCC1NC1CCN(CC(N)=O)CC1. The molecule has 2 rings (SSSR count). The first-order valence-corrected chi connectivity index (χ1v) is 7.45. The fraction of sp³-hybridized carbons (Fsp3) is 0.929. The van der Waals surface area contributed by atoms with E-state index < -0.39 is 0 Å². The predicted octanol–water partition coefficient (Wildman–Crippen LogP) is 1.10. The third kappa shape index (κ3) is 3.69. The lowest BCUT2D eigenvalue weighted by Crippen LogP contribution is -2.48. The molecular formula is C14H27N3O. The molecule has 2 atom stereocenters. The molecule has 4 heteroatoms. The number of rotatable bonds is 5. The summed E-state index contributed by atoms with van der Waals surface area (Å²) in [4.78, 5) is 13.0. The summed E-state index contributed by atoms with van der Waals surface area (Å²) in [7, 11) is 0. The summed E-state index contributed by atoms with van der Waals surface area (Å²) in [6.07, 6.45) is 7.74. The lowest BCUT2D eigenvalue weighted by Gasteiger charge is -2.34. The number of likely N-dealkylation sites (tertiary alicyclic amines) is 1. The Labute approximate surface area is 110 Å². The van der Waals surface area contributed by atoms with Crippen LogP contribution >= 0.6 is 0 Å². The first-order chi connectivity index (χ1) is 8.69. The summed E-state index contributed by atoms with van der Waals surface area (Å²) in [6.45, 7) is 4.74. The molecule has 2 fully saturated rings. The zero-order valence-electron chi connectivity index (χ0n) is 11.5. The van der Waals surface area contributed by atoms with Gasteiger partial charge in [0.25, 0.3) is 0 Å². The second-order valence-corrected chi connectivity index (χ2v) is 5.89. The topological polar surface area (TPSA) is 58.4 Å². The van der Waals surface area contributed by atoms with E-state index in [1.165, 1.54) is 25.7 Å². The maximum Gasteiger partial charge on any atom is 0.231 e. The highest BCUT2D eigenvalue weighted by atomic mass is 16.1. The van der Waals surface area contributed by atoms with Crippen molar-refractivity contribution in [2.24, 2.45) is 11.7 Å². The van der Waals surface area contributed by atoms with Crippen LogP contribution in [0.4, 0.5) is 0 Å². The lowest BCUT2D eigenvalue weighted by molar-refractivity contribution is -0.119. The van der Waals surface area contributed by atoms with Gasteiger partial charge in [-0.1, -0.05) is 19.8 Å². The third-order valence-electron chi connectivity index (χ3n) is 4.60. The molecule has 0 bridgehead atoms. The molecule has 0 aromatic rings. The number of hydrogen-bond acceptors (Lipinski definition) is 3. The summed E-state index contributed by atoms with van der Waals surface area (Å²) < 4.78 is 0. The van der Waals surface area contributed by atoms with E-state index in [9.17, 15) is 4.79 Å². The van der Waals surface area contributed by atoms with Crippen molar-refractivity contribution in [3.8, 4) is 0 Å². The van der Waals surface area contributed by atoms with Gasteiger partial charge in [0.1, 0.15) is 0 Å². The van der Waals surface area contributed by atoms with Crippen LogP contribution in [-0.4, -0.2) is 42.5 Å². The number of hydrogen-bond donors (Lipinski definition) is 2. The highest BCUT2D eigenvalue weighted by Gasteiger charge is 2.29. The van der Waals surface area contributed by atoms with E-state index in [0.717, 1.165) is 37.9 Å². The van der Waals surface area contributed by atoms with Crippen LogP contribution in [-0.2, 0) is 4.79 Å². The van der Waals surface area contributed by atoms with Crippen molar-refractivity contribution in [1.82, 2.24) is 10.2 Å². The van der Waals surface area contributed by atoms with E-state index in [4.69, 9.17) is 5.73 Å².